The highest BCUT2D eigenvalue weighted by molar-refractivity contribution is 5.46. The van der Waals surface area contributed by atoms with Crippen molar-refractivity contribution in [2.75, 3.05) is 18.8 Å². The van der Waals surface area contributed by atoms with Gasteiger partial charge in [0, 0.05) is 11.7 Å². The molecule has 1 aliphatic heterocycles. The van der Waals surface area contributed by atoms with E-state index in [1.165, 1.54) is 49.9 Å². The number of aryl methyl sites for hydroxylation is 1. The molecule has 2 aliphatic rings. The van der Waals surface area contributed by atoms with Gasteiger partial charge in [-0.25, -0.2) is 0 Å². The highest BCUT2D eigenvalue weighted by atomic mass is 15.2. The van der Waals surface area contributed by atoms with Crippen LogP contribution in [0.4, 0.5) is 5.69 Å². The van der Waals surface area contributed by atoms with Crippen molar-refractivity contribution < 1.29 is 0 Å². The number of anilines is 1. The number of hydrogen-bond donors (Lipinski definition) is 1. The maximum absolute atomic E-state index is 5.80. The number of hydrogen-bond acceptors (Lipinski definition) is 2. The fourth-order valence-corrected chi connectivity index (χ4v) is 2.77. The zero-order valence-electron chi connectivity index (χ0n) is 9.08. The van der Waals surface area contributed by atoms with Gasteiger partial charge in [0.2, 0.25) is 0 Å². The van der Waals surface area contributed by atoms with E-state index in [2.05, 4.69) is 17.0 Å². The first kappa shape index (κ1) is 9.22. The minimum absolute atomic E-state index is 0.801. The van der Waals surface area contributed by atoms with Crippen molar-refractivity contribution in [2.24, 2.45) is 0 Å². The normalized spacial score (nSPS) is 25.7. The molecular formula is C13H18N2. The van der Waals surface area contributed by atoms with Crippen LogP contribution in [0, 0.1) is 0 Å². The number of likely N-dealkylation sites (tertiary alicyclic amines) is 1. The van der Waals surface area contributed by atoms with Crippen LogP contribution in [0.25, 0.3) is 0 Å². The lowest BCUT2D eigenvalue weighted by molar-refractivity contribution is 0.107. The fourth-order valence-electron chi connectivity index (χ4n) is 2.77. The molecule has 0 saturated carbocycles. The Labute approximate surface area is 91.1 Å². The number of nitrogens with zero attached hydrogens (tertiary/aromatic N) is 1. The molecule has 0 spiro atoms. The summed E-state index contributed by atoms with van der Waals surface area (Å²) < 4.78 is 0. The Morgan fingerprint density at radius 1 is 1.20 bits per heavy atom. The summed E-state index contributed by atoms with van der Waals surface area (Å²) in [7, 11) is 0. The molecule has 1 saturated heterocycles. The SMILES string of the molecule is Nc1ccc2c(c1)CCC(N1CCC1)C2. The highest BCUT2D eigenvalue weighted by Gasteiger charge is 2.27. The molecule has 2 heteroatoms. The second kappa shape index (κ2) is 3.53. The molecule has 1 aromatic carbocycles. The topological polar surface area (TPSA) is 29.3 Å². The van der Waals surface area contributed by atoms with Gasteiger partial charge in [-0.2, -0.15) is 0 Å². The third kappa shape index (κ3) is 1.63. The van der Waals surface area contributed by atoms with Gasteiger partial charge in [0.1, 0.15) is 0 Å². The van der Waals surface area contributed by atoms with Gasteiger partial charge in [0.05, 0.1) is 0 Å². The Bertz CT molecular complexity index is 369. The van der Waals surface area contributed by atoms with E-state index in [1.54, 1.807) is 0 Å². The average molecular weight is 202 g/mol. The summed E-state index contributed by atoms with van der Waals surface area (Å²) in [5.41, 5.74) is 9.72. The standard InChI is InChI=1S/C13H18N2/c14-12-4-2-11-9-13(15-6-1-7-15)5-3-10(11)8-12/h2,4,8,13H,1,3,5-7,9,14H2. The predicted octanol–water partition coefficient (Wildman–Crippen LogP) is 1.83. The van der Waals surface area contributed by atoms with Gasteiger partial charge >= 0.3 is 0 Å². The van der Waals surface area contributed by atoms with E-state index in [1.807, 2.05) is 6.07 Å². The summed E-state index contributed by atoms with van der Waals surface area (Å²) in [4.78, 5) is 2.62. The molecule has 1 fully saturated rings. The average Bonchev–Trinajstić information content (AvgIpc) is 2.15. The van der Waals surface area contributed by atoms with Gasteiger partial charge < -0.3 is 5.73 Å². The molecule has 1 heterocycles. The molecular weight excluding hydrogens is 184 g/mol. The van der Waals surface area contributed by atoms with Gasteiger partial charge in [-0.15, -0.1) is 0 Å². The van der Waals surface area contributed by atoms with Crippen LogP contribution in [0.15, 0.2) is 18.2 Å². The van der Waals surface area contributed by atoms with E-state index < -0.39 is 0 Å². The number of rotatable bonds is 1. The van der Waals surface area contributed by atoms with Crippen LogP contribution < -0.4 is 5.73 Å². The van der Waals surface area contributed by atoms with Crippen molar-refractivity contribution in [3.05, 3.63) is 29.3 Å². The lowest BCUT2D eigenvalue weighted by atomic mass is 9.86. The van der Waals surface area contributed by atoms with Crippen molar-refractivity contribution >= 4 is 5.69 Å². The number of benzene rings is 1. The molecule has 3 rings (SSSR count). The summed E-state index contributed by atoms with van der Waals surface area (Å²) >= 11 is 0. The Hall–Kier alpha value is -1.02. The first-order valence-electron chi connectivity index (χ1n) is 5.94. The monoisotopic (exact) mass is 202 g/mol. The maximum Gasteiger partial charge on any atom is 0.0316 e. The summed E-state index contributed by atoms with van der Waals surface area (Å²) in [5.74, 6) is 0. The predicted molar refractivity (Wildman–Crippen MR) is 62.9 cm³/mol. The Morgan fingerprint density at radius 3 is 2.80 bits per heavy atom. The molecule has 1 aromatic rings. The van der Waals surface area contributed by atoms with E-state index >= 15 is 0 Å². The Kier molecular flexibility index (Phi) is 2.17. The smallest absolute Gasteiger partial charge is 0.0316 e. The Morgan fingerprint density at radius 2 is 2.07 bits per heavy atom. The minimum atomic E-state index is 0.801. The molecule has 0 radical (unpaired) electrons. The van der Waals surface area contributed by atoms with Crippen molar-refractivity contribution in [3.63, 3.8) is 0 Å². The fraction of sp³-hybridized carbons (Fsp3) is 0.538. The summed E-state index contributed by atoms with van der Waals surface area (Å²) in [6.45, 7) is 2.63. The lowest BCUT2D eigenvalue weighted by Gasteiger charge is -2.40. The van der Waals surface area contributed by atoms with Gasteiger partial charge in [-0.1, -0.05) is 6.07 Å². The first-order valence-corrected chi connectivity index (χ1v) is 5.94. The third-order valence-corrected chi connectivity index (χ3v) is 3.84. The maximum atomic E-state index is 5.80. The van der Waals surface area contributed by atoms with Crippen LogP contribution in [-0.4, -0.2) is 24.0 Å². The molecule has 2 nitrogen and oxygen atoms in total. The van der Waals surface area contributed by atoms with Gasteiger partial charge in [0.25, 0.3) is 0 Å². The molecule has 2 N–H and O–H groups in total. The van der Waals surface area contributed by atoms with Crippen LogP contribution in [0.5, 0.6) is 0 Å². The molecule has 1 atom stereocenters. The molecule has 1 unspecified atom stereocenters. The van der Waals surface area contributed by atoms with Gasteiger partial charge in [-0.05, 0) is 62.0 Å². The molecule has 0 bridgehead atoms. The van der Waals surface area contributed by atoms with Crippen molar-refractivity contribution in [1.29, 1.82) is 0 Å². The van der Waals surface area contributed by atoms with Crippen molar-refractivity contribution in [2.45, 2.75) is 31.7 Å². The van der Waals surface area contributed by atoms with E-state index in [4.69, 9.17) is 5.73 Å². The Balaban J connectivity index is 1.80. The highest BCUT2D eigenvalue weighted by Crippen LogP contribution is 2.28. The second-order valence-electron chi connectivity index (χ2n) is 4.81. The molecule has 15 heavy (non-hydrogen) atoms. The zero-order chi connectivity index (χ0) is 10.3. The number of fused-ring (bicyclic) bond motifs is 1. The quantitative estimate of drug-likeness (QED) is 0.704. The largest absolute Gasteiger partial charge is 0.399 e. The summed E-state index contributed by atoms with van der Waals surface area (Å²) in [6.07, 6.45) is 5.15. The molecule has 80 valence electrons. The molecule has 0 aromatic heterocycles. The minimum Gasteiger partial charge on any atom is -0.399 e. The van der Waals surface area contributed by atoms with E-state index in [9.17, 15) is 0 Å². The van der Waals surface area contributed by atoms with Gasteiger partial charge in [-0.3, -0.25) is 4.90 Å². The van der Waals surface area contributed by atoms with Crippen LogP contribution in [0.1, 0.15) is 24.0 Å². The van der Waals surface area contributed by atoms with Crippen molar-refractivity contribution in [3.8, 4) is 0 Å². The lowest BCUT2D eigenvalue weighted by Crippen LogP contribution is -2.47. The molecule has 1 aliphatic carbocycles. The van der Waals surface area contributed by atoms with E-state index in [0.717, 1.165) is 11.7 Å². The van der Waals surface area contributed by atoms with Gasteiger partial charge in [0.15, 0.2) is 0 Å². The molecule has 0 amide bonds. The summed E-state index contributed by atoms with van der Waals surface area (Å²) in [6, 6.07) is 7.21. The van der Waals surface area contributed by atoms with Crippen molar-refractivity contribution in [1.82, 2.24) is 4.90 Å². The van der Waals surface area contributed by atoms with E-state index in [0.29, 0.717) is 0 Å². The first-order chi connectivity index (χ1) is 7.33. The number of nitrogen functional groups attached to an aromatic ring is 1. The third-order valence-electron chi connectivity index (χ3n) is 3.84. The van der Waals surface area contributed by atoms with Crippen LogP contribution in [-0.2, 0) is 12.8 Å². The van der Waals surface area contributed by atoms with Crippen LogP contribution >= 0.6 is 0 Å². The van der Waals surface area contributed by atoms with Crippen LogP contribution in [0.3, 0.4) is 0 Å². The summed E-state index contributed by atoms with van der Waals surface area (Å²) in [5, 5.41) is 0. The second-order valence-corrected chi connectivity index (χ2v) is 4.81. The van der Waals surface area contributed by atoms with E-state index in [-0.39, 0.29) is 0 Å². The number of nitrogens with two attached hydrogens (primary N) is 1. The van der Waals surface area contributed by atoms with Crippen LogP contribution in [0.2, 0.25) is 0 Å². The zero-order valence-corrected chi connectivity index (χ0v) is 9.08.